The van der Waals surface area contributed by atoms with Crippen LogP contribution in [0, 0.1) is 21.4 Å². The minimum absolute atomic E-state index is 0.0832. The highest BCUT2D eigenvalue weighted by atomic mass is 32.2. The fourth-order valence-corrected chi connectivity index (χ4v) is 4.78. The third-order valence-corrected chi connectivity index (χ3v) is 6.49. The van der Waals surface area contributed by atoms with Gasteiger partial charge in [0, 0.05) is 29.0 Å². The van der Waals surface area contributed by atoms with E-state index in [0.29, 0.717) is 27.4 Å². The maximum absolute atomic E-state index is 12.7. The van der Waals surface area contributed by atoms with Gasteiger partial charge in [0.25, 0.3) is 5.69 Å². The van der Waals surface area contributed by atoms with Crippen LogP contribution in [0.2, 0.25) is 0 Å². The lowest BCUT2D eigenvalue weighted by molar-refractivity contribution is -0.384. The lowest BCUT2D eigenvalue weighted by atomic mass is 9.81. The molecule has 1 aliphatic rings. The molecule has 1 atom stereocenters. The number of hydrogen-bond donors (Lipinski definition) is 1. The van der Waals surface area contributed by atoms with Gasteiger partial charge in [0.2, 0.25) is 0 Å². The van der Waals surface area contributed by atoms with Crippen LogP contribution in [0.1, 0.15) is 48.2 Å². The number of ketones is 2. The average molecular weight is 462 g/mol. The van der Waals surface area contributed by atoms with Crippen molar-refractivity contribution in [1.29, 1.82) is 5.26 Å². The Hall–Kier alpha value is -3.70. The number of hydrogen-bond acceptors (Lipinski definition) is 7. The minimum atomic E-state index is -0.755. The van der Waals surface area contributed by atoms with E-state index in [9.17, 15) is 25.0 Å². The van der Waals surface area contributed by atoms with Crippen LogP contribution in [0.5, 0.6) is 0 Å². The maximum Gasteiger partial charge on any atom is 0.269 e. The third-order valence-electron chi connectivity index (χ3n) is 5.47. The maximum atomic E-state index is 12.7. The molecule has 2 aromatic rings. The van der Waals surface area contributed by atoms with Gasteiger partial charge in [-0.15, -0.1) is 0 Å². The zero-order chi connectivity index (χ0) is 24.1. The number of benzene rings is 2. The number of rotatable bonds is 8. The van der Waals surface area contributed by atoms with Gasteiger partial charge >= 0.3 is 0 Å². The van der Waals surface area contributed by atoms with E-state index in [2.05, 4.69) is 11.4 Å². The van der Waals surface area contributed by atoms with Crippen molar-refractivity contribution in [2.45, 2.75) is 33.1 Å². The number of nitrogens with zero attached hydrogens (tertiary/aromatic N) is 2. The van der Waals surface area contributed by atoms with Gasteiger partial charge in [0.05, 0.1) is 33.3 Å². The molecule has 33 heavy (non-hydrogen) atoms. The van der Waals surface area contributed by atoms with Crippen LogP contribution < -0.4 is 5.32 Å². The molecule has 0 spiro atoms. The van der Waals surface area contributed by atoms with Crippen LogP contribution in [0.4, 0.5) is 5.69 Å². The van der Waals surface area contributed by atoms with Crippen LogP contribution in [0.15, 0.2) is 70.4 Å². The third kappa shape index (κ3) is 5.21. The Morgan fingerprint density at radius 3 is 2.48 bits per heavy atom. The number of thioether (sulfide) groups is 1. The van der Waals surface area contributed by atoms with Gasteiger partial charge in [-0.25, -0.2) is 0 Å². The van der Waals surface area contributed by atoms with Crippen molar-refractivity contribution in [3.8, 4) is 6.07 Å². The SMILES string of the molecule is CCc1ccc(C(=O)CSC2=C(C#N)[C@@H](c3cccc([N+](=O)[O-])c3)C(C(C)=O)=C(C)N2)cc1. The van der Waals surface area contributed by atoms with E-state index in [4.69, 9.17) is 0 Å². The molecule has 3 rings (SSSR count). The summed E-state index contributed by atoms with van der Waals surface area (Å²) in [5, 5.41) is 24.8. The van der Waals surface area contributed by atoms with E-state index in [1.807, 2.05) is 19.1 Å². The first-order chi connectivity index (χ1) is 15.8. The summed E-state index contributed by atoms with van der Waals surface area (Å²) in [7, 11) is 0. The van der Waals surface area contributed by atoms with Crippen LogP contribution in [0.25, 0.3) is 0 Å². The second-order valence-corrected chi connectivity index (χ2v) is 8.61. The molecule has 2 aromatic carbocycles. The monoisotopic (exact) mass is 461 g/mol. The van der Waals surface area contributed by atoms with Crippen LogP contribution in [-0.2, 0) is 11.2 Å². The molecule has 1 N–H and O–H groups in total. The summed E-state index contributed by atoms with van der Waals surface area (Å²) in [6.07, 6.45) is 0.884. The van der Waals surface area contributed by atoms with E-state index >= 15 is 0 Å². The number of nitriles is 1. The molecule has 0 unspecified atom stereocenters. The summed E-state index contributed by atoms with van der Waals surface area (Å²) in [5.41, 5.74) is 3.26. The van der Waals surface area contributed by atoms with E-state index < -0.39 is 10.8 Å². The summed E-state index contributed by atoms with van der Waals surface area (Å²) in [4.78, 5) is 35.9. The smallest absolute Gasteiger partial charge is 0.269 e. The Bertz CT molecular complexity index is 1220. The van der Waals surface area contributed by atoms with E-state index in [1.165, 1.54) is 36.9 Å². The van der Waals surface area contributed by atoms with Gasteiger partial charge < -0.3 is 5.32 Å². The molecule has 0 radical (unpaired) electrons. The molecular weight excluding hydrogens is 438 g/mol. The molecule has 0 saturated carbocycles. The van der Waals surface area contributed by atoms with Crippen molar-refractivity contribution in [3.63, 3.8) is 0 Å². The highest BCUT2D eigenvalue weighted by Crippen LogP contribution is 2.41. The van der Waals surface area contributed by atoms with E-state index in [-0.39, 0.29) is 28.6 Å². The second kappa shape index (κ2) is 10.3. The number of nitro groups is 1. The fourth-order valence-electron chi connectivity index (χ4n) is 3.79. The molecule has 0 amide bonds. The van der Waals surface area contributed by atoms with Crippen molar-refractivity contribution < 1.29 is 14.5 Å². The number of aryl methyl sites for hydroxylation is 1. The highest BCUT2D eigenvalue weighted by Gasteiger charge is 2.34. The first-order valence-electron chi connectivity index (χ1n) is 10.4. The number of carbonyl (C=O) groups is 2. The molecule has 0 aliphatic carbocycles. The molecular formula is C25H23N3O4S. The standard InChI is InChI=1S/C25H23N3O4S/c1-4-17-8-10-18(11-9-17)22(30)14-33-25-21(13-26)24(23(16(3)29)15(2)27-25)19-6-5-7-20(12-19)28(31)32/h5-12,24,27H,4,14H2,1-3H3/t24-/m1/s1. The molecule has 1 heterocycles. The first-order valence-corrected chi connectivity index (χ1v) is 11.4. The Morgan fingerprint density at radius 1 is 1.21 bits per heavy atom. The predicted octanol–water partition coefficient (Wildman–Crippen LogP) is 5.06. The molecule has 8 heteroatoms. The second-order valence-electron chi connectivity index (χ2n) is 7.62. The summed E-state index contributed by atoms with van der Waals surface area (Å²) in [6, 6.07) is 15.5. The normalized spacial score (nSPS) is 15.6. The Morgan fingerprint density at radius 2 is 1.91 bits per heavy atom. The van der Waals surface area contributed by atoms with Gasteiger partial charge in [-0.3, -0.25) is 19.7 Å². The number of dihydropyridines is 1. The predicted molar refractivity (Wildman–Crippen MR) is 128 cm³/mol. The van der Waals surface area contributed by atoms with Crippen LogP contribution in [-0.4, -0.2) is 22.2 Å². The first kappa shape index (κ1) is 24.0. The van der Waals surface area contributed by atoms with Gasteiger partial charge in [0.15, 0.2) is 11.6 Å². The minimum Gasteiger partial charge on any atom is -0.353 e. The molecule has 0 saturated heterocycles. The van der Waals surface area contributed by atoms with Gasteiger partial charge in [-0.2, -0.15) is 5.26 Å². The van der Waals surface area contributed by atoms with E-state index in [0.717, 1.165) is 12.0 Å². The number of Topliss-reactive ketones (excluding diaryl/α,β-unsaturated/α-hetero) is 2. The zero-order valence-electron chi connectivity index (χ0n) is 18.5. The molecule has 1 aliphatic heterocycles. The van der Waals surface area contributed by atoms with Crippen molar-refractivity contribution in [1.82, 2.24) is 5.32 Å². The number of carbonyl (C=O) groups excluding carboxylic acids is 2. The van der Waals surface area contributed by atoms with Gasteiger partial charge in [0.1, 0.15) is 0 Å². The molecule has 0 bridgehead atoms. The molecule has 168 valence electrons. The summed E-state index contributed by atoms with van der Waals surface area (Å²) in [5.74, 6) is -0.973. The molecule has 0 fully saturated rings. The van der Waals surface area contributed by atoms with Crippen molar-refractivity contribution in [2.75, 3.05) is 5.75 Å². The Kier molecular flexibility index (Phi) is 7.46. The fraction of sp³-hybridized carbons (Fsp3) is 0.240. The summed E-state index contributed by atoms with van der Waals surface area (Å²) < 4.78 is 0. The number of allylic oxidation sites excluding steroid dienone is 3. The summed E-state index contributed by atoms with van der Waals surface area (Å²) >= 11 is 1.19. The lowest BCUT2D eigenvalue weighted by Gasteiger charge is -2.29. The van der Waals surface area contributed by atoms with Crippen molar-refractivity contribution >= 4 is 29.0 Å². The largest absolute Gasteiger partial charge is 0.353 e. The lowest BCUT2D eigenvalue weighted by Crippen LogP contribution is -2.27. The van der Waals surface area contributed by atoms with E-state index in [1.54, 1.807) is 25.1 Å². The zero-order valence-corrected chi connectivity index (χ0v) is 19.4. The van der Waals surface area contributed by atoms with Crippen LogP contribution in [0.3, 0.4) is 0 Å². The van der Waals surface area contributed by atoms with Crippen molar-refractivity contribution in [2.24, 2.45) is 0 Å². The highest BCUT2D eigenvalue weighted by molar-refractivity contribution is 8.03. The van der Waals surface area contributed by atoms with Crippen LogP contribution >= 0.6 is 11.8 Å². The van der Waals surface area contributed by atoms with Gasteiger partial charge in [-0.05, 0) is 31.4 Å². The quantitative estimate of drug-likeness (QED) is 0.332. The molecule has 0 aromatic heterocycles. The van der Waals surface area contributed by atoms with Crippen molar-refractivity contribution in [3.05, 3.63) is 97.2 Å². The number of non-ortho nitro benzene ring substituents is 1. The van der Waals surface area contributed by atoms with Gasteiger partial charge in [-0.1, -0.05) is 55.1 Å². The number of nitro benzene ring substituents is 1. The topological polar surface area (TPSA) is 113 Å². The number of nitrogens with one attached hydrogen (secondary N) is 1. The molecule has 7 nitrogen and oxygen atoms in total. The average Bonchev–Trinajstić information content (AvgIpc) is 2.81. The Labute approximate surface area is 196 Å². The summed E-state index contributed by atoms with van der Waals surface area (Å²) in [6.45, 7) is 5.17. The Balaban J connectivity index is 1.96.